The molecule has 0 fully saturated rings. The summed E-state index contributed by atoms with van der Waals surface area (Å²) in [6.07, 6.45) is 0. The van der Waals surface area contributed by atoms with Crippen molar-refractivity contribution in [3.63, 3.8) is 0 Å². The van der Waals surface area contributed by atoms with Crippen LogP contribution in [0.3, 0.4) is 0 Å². The summed E-state index contributed by atoms with van der Waals surface area (Å²) in [5, 5.41) is 12.4. The Balaban J connectivity index is 1.15. The number of hydrogen-bond acceptors (Lipinski definition) is 1. The highest BCUT2D eigenvalue weighted by molar-refractivity contribution is 6.25. The Morgan fingerprint density at radius 2 is 0.868 bits per heavy atom. The van der Waals surface area contributed by atoms with Crippen molar-refractivity contribution in [2.75, 3.05) is 0 Å². The van der Waals surface area contributed by atoms with Crippen LogP contribution in [0, 0.1) is 0 Å². The van der Waals surface area contributed by atoms with Gasteiger partial charge in [-0.05, 0) is 112 Å². The molecule has 0 atom stereocenters. The summed E-state index contributed by atoms with van der Waals surface area (Å²) >= 11 is 0. The Hall–Kier alpha value is -6.96. The second kappa shape index (κ2) is 11.8. The molecule has 0 saturated heterocycles. The maximum absolute atomic E-state index is 6.45. The molecule has 0 amide bonds. The van der Waals surface area contributed by atoms with E-state index < -0.39 is 0 Å². The van der Waals surface area contributed by atoms with E-state index in [1.165, 1.54) is 87.6 Å². The molecule has 0 aliphatic heterocycles. The number of furan rings is 1. The summed E-state index contributed by atoms with van der Waals surface area (Å²) in [4.78, 5) is 0. The smallest absolute Gasteiger partial charge is 0.136 e. The Bertz CT molecular complexity index is 3160. The predicted molar refractivity (Wildman–Crippen MR) is 225 cm³/mol. The standard InChI is InChI=1S/C52H32O/c1-2-13-33(14-3-1)35-28-30-48-47(32-35)52-39(23-12-26-49(52)53-48)36-16-10-17-37(31-36)50-43-19-6-8-21-45(43)51(46-22-9-7-20-44(46)50)42-25-11-24-40-38-18-5-4-15-34(38)27-29-41(40)42/h1-32H. The van der Waals surface area contributed by atoms with Crippen molar-refractivity contribution in [3.05, 3.63) is 194 Å². The van der Waals surface area contributed by atoms with Crippen LogP contribution in [0.2, 0.25) is 0 Å². The maximum atomic E-state index is 6.45. The normalized spacial score (nSPS) is 11.8. The molecule has 0 N–H and O–H groups in total. The second-order valence-corrected chi connectivity index (χ2v) is 14.0. The topological polar surface area (TPSA) is 13.1 Å². The van der Waals surface area contributed by atoms with Gasteiger partial charge in [-0.2, -0.15) is 0 Å². The number of benzene rings is 10. The van der Waals surface area contributed by atoms with Gasteiger partial charge in [-0.15, -0.1) is 0 Å². The van der Waals surface area contributed by atoms with Crippen molar-refractivity contribution in [1.82, 2.24) is 0 Å². The lowest BCUT2D eigenvalue weighted by molar-refractivity contribution is 0.669. The van der Waals surface area contributed by atoms with Crippen LogP contribution in [-0.4, -0.2) is 0 Å². The van der Waals surface area contributed by atoms with Gasteiger partial charge in [0.25, 0.3) is 0 Å². The Morgan fingerprint density at radius 1 is 0.264 bits per heavy atom. The largest absolute Gasteiger partial charge is 0.456 e. The molecule has 0 aliphatic carbocycles. The molecule has 0 aliphatic rings. The monoisotopic (exact) mass is 672 g/mol. The van der Waals surface area contributed by atoms with Crippen LogP contribution in [0.25, 0.3) is 110 Å². The zero-order valence-electron chi connectivity index (χ0n) is 28.9. The lowest BCUT2D eigenvalue weighted by Gasteiger charge is -2.19. The zero-order chi connectivity index (χ0) is 34.9. The number of rotatable bonds is 4. The van der Waals surface area contributed by atoms with Gasteiger partial charge < -0.3 is 4.42 Å². The van der Waals surface area contributed by atoms with Gasteiger partial charge in [0, 0.05) is 10.8 Å². The van der Waals surface area contributed by atoms with Crippen LogP contribution in [0.5, 0.6) is 0 Å². The fraction of sp³-hybridized carbons (Fsp3) is 0. The molecule has 11 rings (SSSR count). The quantitative estimate of drug-likeness (QED) is 0.134. The van der Waals surface area contributed by atoms with Crippen LogP contribution in [-0.2, 0) is 0 Å². The molecule has 246 valence electrons. The number of fused-ring (bicyclic) bond motifs is 8. The van der Waals surface area contributed by atoms with Gasteiger partial charge >= 0.3 is 0 Å². The minimum atomic E-state index is 0.899. The zero-order valence-corrected chi connectivity index (χ0v) is 28.9. The minimum Gasteiger partial charge on any atom is -0.456 e. The molecule has 0 unspecified atom stereocenters. The predicted octanol–water partition coefficient (Wildman–Crippen LogP) is 14.9. The average molecular weight is 673 g/mol. The Labute approximate surface area is 307 Å². The average Bonchev–Trinajstić information content (AvgIpc) is 3.61. The van der Waals surface area contributed by atoms with E-state index in [-0.39, 0.29) is 0 Å². The van der Waals surface area contributed by atoms with Gasteiger partial charge in [0.1, 0.15) is 11.2 Å². The highest BCUT2D eigenvalue weighted by Gasteiger charge is 2.20. The minimum absolute atomic E-state index is 0.899. The van der Waals surface area contributed by atoms with E-state index in [0.717, 1.165) is 21.9 Å². The summed E-state index contributed by atoms with van der Waals surface area (Å²) in [7, 11) is 0. The molecule has 11 aromatic rings. The molecule has 1 nitrogen and oxygen atoms in total. The summed E-state index contributed by atoms with van der Waals surface area (Å²) in [6, 6.07) is 70.5. The van der Waals surface area contributed by atoms with E-state index in [2.05, 4.69) is 194 Å². The van der Waals surface area contributed by atoms with Crippen molar-refractivity contribution >= 4 is 65.0 Å². The van der Waals surface area contributed by atoms with Crippen molar-refractivity contribution in [2.24, 2.45) is 0 Å². The van der Waals surface area contributed by atoms with Crippen molar-refractivity contribution in [3.8, 4) is 44.5 Å². The first-order valence-electron chi connectivity index (χ1n) is 18.3. The lowest BCUT2D eigenvalue weighted by Crippen LogP contribution is -1.92. The second-order valence-electron chi connectivity index (χ2n) is 14.0. The van der Waals surface area contributed by atoms with Gasteiger partial charge in [-0.25, -0.2) is 0 Å². The summed E-state index contributed by atoms with van der Waals surface area (Å²) < 4.78 is 6.45. The molecule has 0 bridgehead atoms. The van der Waals surface area contributed by atoms with Crippen molar-refractivity contribution < 1.29 is 4.42 Å². The third kappa shape index (κ3) is 4.64. The SMILES string of the molecule is c1ccc(-c2ccc3oc4cccc(-c5cccc(-c6c7ccccc7c(-c7cccc8c7ccc7ccccc78)c7ccccc67)c5)c4c3c2)cc1. The summed E-state index contributed by atoms with van der Waals surface area (Å²) in [5.74, 6) is 0. The van der Waals surface area contributed by atoms with Gasteiger partial charge in [0.05, 0.1) is 0 Å². The van der Waals surface area contributed by atoms with Gasteiger partial charge in [0.2, 0.25) is 0 Å². The van der Waals surface area contributed by atoms with E-state index in [1.54, 1.807) is 0 Å². The molecule has 0 saturated carbocycles. The third-order valence-corrected chi connectivity index (χ3v) is 11.1. The first-order valence-corrected chi connectivity index (χ1v) is 18.3. The lowest BCUT2D eigenvalue weighted by atomic mass is 9.84. The molecular formula is C52H32O. The van der Waals surface area contributed by atoms with E-state index in [1.807, 2.05) is 0 Å². The van der Waals surface area contributed by atoms with E-state index in [9.17, 15) is 0 Å². The molecule has 0 radical (unpaired) electrons. The summed E-state index contributed by atoms with van der Waals surface area (Å²) in [6.45, 7) is 0. The first-order chi connectivity index (χ1) is 26.3. The molecule has 1 heterocycles. The first kappa shape index (κ1) is 29.7. The fourth-order valence-corrected chi connectivity index (χ4v) is 8.71. The van der Waals surface area contributed by atoms with Gasteiger partial charge in [-0.1, -0.05) is 170 Å². The highest BCUT2D eigenvalue weighted by atomic mass is 16.3. The molecule has 53 heavy (non-hydrogen) atoms. The third-order valence-electron chi connectivity index (χ3n) is 11.1. The van der Waals surface area contributed by atoms with Crippen molar-refractivity contribution in [1.29, 1.82) is 0 Å². The van der Waals surface area contributed by atoms with Crippen LogP contribution in [0.15, 0.2) is 199 Å². The molecule has 10 aromatic carbocycles. The molecule has 1 aromatic heterocycles. The Morgan fingerprint density at radius 3 is 1.66 bits per heavy atom. The fourth-order valence-electron chi connectivity index (χ4n) is 8.71. The van der Waals surface area contributed by atoms with Crippen LogP contribution >= 0.6 is 0 Å². The number of hydrogen-bond donors (Lipinski definition) is 0. The van der Waals surface area contributed by atoms with E-state index >= 15 is 0 Å². The van der Waals surface area contributed by atoms with Crippen LogP contribution in [0.4, 0.5) is 0 Å². The van der Waals surface area contributed by atoms with Gasteiger partial charge in [-0.3, -0.25) is 0 Å². The maximum Gasteiger partial charge on any atom is 0.136 e. The van der Waals surface area contributed by atoms with Crippen molar-refractivity contribution in [2.45, 2.75) is 0 Å². The summed E-state index contributed by atoms with van der Waals surface area (Å²) in [5.41, 5.74) is 11.5. The van der Waals surface area contributed by atoms with E-state index in [0.29, 0.717) is 0 Å². The van der Waals surface area contributed by atoms with E-state index in [4.69, 9.17) is 4.42 Å². The van der Waals surface area contributed by atoms with Gasteiger partial charge in [0.15, 0.2) is 0 Å². The Kier molecular flexibility index (Phi) is 6.62. The molecule has 0 spiro atoms. The highest BCUT2D eigenvalue weighted by Crippen LogP contribution is 2.47. The van der Waals surface area contributed by atoms with Crippen LogP contribution < -0.4 is 0 Å². The molecular weight excluding hydrogens is 641 g/mol. The molecule has 1 heteroatoms. The van der Waals surface area contributed by atoms with Crippen LogP contribution in [0.1, 0.15) is 0 Å².